The number of benzene rings is 6. The lowest BCUT2D eigenvalue weighted by molar-refractivity contribution is 1.08. The highest BCUT2D eigenvalue weighted by molar-refractivity contribution is 7.18. The molecule has 0 atom stereocenters. The van der Waals surface area contributed by atoms with Gasteiger partial charge in [0, 0.05) is 38.0 Å². The molecule has 9 rings (SSSR count). The van der Waals surface area contributed by atoms with E-state index in [2.05, 4.69) is 114 Å². The maximum Gasteiger partial charge on any atom is 0.174 e. The van der Waals surface area contributed by atoms with E-state index in [0.29, 0.717) is 17.5 Å². The van der Waals surface area contributed by atoms with Crippen molar-refractivity contribution in [1.29, 1.82) is 0 Å². The van der Waals surface area contributed by atoms with Crippen LogP contribution < -0.4 is 0 Å². The van der Waals surface area contributed by atoms with Crippen molar-refractivity contribution < 1.29 is 0 Å². The van der Waals surface area contributed by atoms with Crippen LogP contribution in [-0.4, -0.2) is 19.5 Å². The highest BCUT2D eigenvalue weighted by Crippen LogP contribution is 2.43. The maximum atomic E-state index is 4.99. The summed E-state index contributed by atoms with van der Waals surface area (Å²) >= 11 is 1.71. The lowest BCUT2D eigenvalue weighted by atomic mass is 10.0. The molecule has 3 aromatic heterocycles. The highest BCUT2D eigenvalue weighted by atomic mass is 32.1. The van der Waals surface area contributed by atoms with Gasteiger partial charge in [-0.05, 0) is 53.6 Å². The van der Waals surface area contributed by atoms with E-state index in [9.17, 15) is 0 Å². The first-order valence-electron chi connectivity index (χ1n) is 16.0. The number of rotatable bonds is 6. The third-order valence-electron chi connectivity index (χ3n) is 8.70. The van der Waals surface area contributed by atoms with Gasteiger partial charge in [0.15, 0.2) is 17.5 Å². The molecule has 0 aliphatic carbocycles. The van der Waals surface area contributed by atoms with Gasteiger partial charge in [-0.2, -0.15) is 0 Å². The molecule has 0 aliphatic rings. The van der Waals surface area contributed by atoms with Crippen LogP contribution in [0.5, 0.6) is 0 Å². The van der Waals surface area contributed by atoms with Crippen LogP contribution in [0.25, 0.3) is 82.5 Å². The van der Waals surface area contributed by atoms with Gasteiger partial charge in [-0.25, -0.2) is 15.0 Å². The summed E-state index contributed by atoms with van der Waals surface area (Å²) in [5, 5.41) is 2.45. The lowest BCUT2D eigenvalue weighted by Crippen LogP contribution is -1.99. The van der Waals surface area contributed by atoms with Gasteiger partial charge in [-0.3, -0.25) is 0 Å². The normalized spacial score (nSPS) is 11.3. The molecule has 226 valence electrons. The Morgan fingerprint density at radius 2 is 0.958 bits per heavy atom. The van der Waals surface area contributed by atoms with E-state index in [4.69, 9.17) is 15.0 Å². The smallest absolute Gasteiger partial charge is 0.174 e. The van der Waals surface area contributed by atoms with Crippen LogP contribution in [0, 0.1) is 0 Å². The number of hydrogen-bond donors (Lipinski definition) is 0. The van der Waals surface area contributed by atoms with E-state index in [1.165, 1.54) is 38.5 Å². The second-order valence-electron chi connectivity index (χ2n) is 11.7. The molecule has 0 bridgehead atoms. The van der Waals surface area contributed by atoms with E-state index in [-0.39, 0.29) is 0 Å². The second-order valence-corrected chi connectivity index (χ2v) is 12.8. The van der Waals surface area contributed by atoms with E-state index < -0.39 is 0 Å². The summed E-state index contributed by atoms with van der Waals surface area (Å²) in [6.07, 6.45) is 0. The number of para-hydroxylation sites is 1. The van der Waals surface area contributed by atoms with Crippen molar-refractivity contribution in [1.82, 2.24) is 19.5 Å². The summed E-state index contributed by atoms with van der Waals surface area (Å²) in [7, 11) is 0. The predicted octanol–water partition coefficient (Wildman–Crippen LogP) is 11.4. The highest BCUT2D eigenvalue weighted by Gasteiger charge is 2.19. The minimum Gasteiger partial charge on any atom is -0.309 e. The largest absolute Gasteiger partial charge is 0.309 e. The summed E-state index contributed by atoms with van der Waals surface area (Å²) in [6.45, 7) is 0. The number of nitrogens with zero attached hydrogens (tertiary/aromatic N) is 4. The van der Waals surface area contributed by atoms with Crippen LogP contribution in [0.4, 0.5) is 0 Å². The zero-order chi connectivity index (χ0) is 31.9. The fourth-order valence-electron chi connectivity index (χ4n) is 6.46. The molecule has 0 aliphatic heterocycles. The van der Waals surface area contributed by atoms with E-state index in [1.807, 2.05) is 60.7 Å². The molecule has 0 spiro atoms. The lowest BCUT2D eigenvalue weighted by Gasteiger charge is -2.08. The molecule has 0 N–H and O–H groups in total. The van der Waals surface area contributed by atoms with E-state index in [0.717, 1.165) is 26.6 Å². The first-order chi connectivity index (χ1) is 23.8. The van der Waals surface area contributed by atoms with Crippen molar-refractivity contribution in [2.24, 2.45) is 0 Å². The molecule has 0 saturated carbocycles. The van der Waals surface area contributed by atoms with Crippen LogP contribution in [0.2, 0.25) is 0 Å². The van der Waals surface area contributed by atoms with Crippen molar-refractivity contribution >= 4 is 33.1 Å². The molecule has 0 radical (unpaired) electrons. The van der Waals surface area contributed by atoms with Crippen LogP contribution in [0.15, 0.2) is 170 Å². The van der Waals surface area contributed by atoms with Crippen molar-refractivity contribution in [3.63, 3.8) is 0 Å². The Labute approximate surface area is 282 Å². The van der Waals surface area contributed by atoms with Gasteiger partial charge in [0.1, 0.15) is 0 Å². The molecule has 0 fully saturated rings. The number of thiophene rings is 1. The zero-order valence-corrected chi connectivity index (χ0v) is 26.7. The van der Waals surface area contributed by atoms with Crippen molar-refractivity contribution in [3.8, 4) is 60.7 Å². The molecular formula is C43H28N4S. The van der Waals surface area contributed by atoms with E-state index >= 15 is 0 Å². The second kappa shape index (κ2) is 11.9. The number of aromatic nitrogens is 4. The molecule has 9 aromatic rings. The van der Waals surface area contributed by atoms with Crippen LogP contribution in [0.3, 0.4) is 0 Å². The monoisotopic (exact) mass is 632 g/mol. The molecule has 4 nitrogen and oxygen atoms in total. The number of hydrogen-bond acceptors (Lipinski definition) is 4. The van der Waals surface area contributed by atoms with Gasteiger partial charge in [0.05, 0.1) is 15.9 Å². The summed E-state index contributed by atoms with van der Waals surface area (Å²) in [5.74, 6) is 2.00. The summed E-state index contributed by atoms with van der Waals surface area (Å²) < 4.78 is 2.38. The third kappa shape index (κ3) is 4.98. The standard InChI is InChI=1S/C43H28N4S/c1-5-14-29(15-6-1)32-24-25-36-35(28-32)40-34(22-13-23-37(40)47(36)33-20-11-4-12-21-33)38-26-27-39(48-38)43-45-41(30-16-7-2-8-17-30)44-42(46-43)31-18-9-3-10-19-31/h1-28H. The molecular weight excluding hydrogens is 605 g/mol. The summed E-state index contributed by atoms with van der Waals surface area (Å²) in [5.41, 5.74) is 9.00. The molecule has 0 saturated heterocycles. The Morgan fingerprint density at radius 3 is 1.60 bits per heavy atom. The fraction of sp³-hybridized carbons (Fsp3) is 0. The summed E-state index contributed by atoms with van der Waals surface area (Å²) in [6, 6.07) is 59.3. The third-order valence-corrected chi connectivity index (χ3v) is 9.82. The minimum atomic E-state index is 0.663. The Hall–Kier alpha value is -6.17. The van der Waals surface area contributed by atoms with Gasteiger partial charge in [0.2, 0.25) is 0 Å². The predicted molar refractivity (Wildman–Crippen MR) is 199 cm³/mol. The minimum absolute atomic E-state index is 0.663. The fourth-order valence-corrected chi connectivity index (χ4v) is 7.43. The van der Waals surface area contributed by atoms with Crippen molar-refractivity contribution in [3.05, 3.63) is 170 Å². The van der Waals surface area contributed by atoms with Gasteiger partial charge in [-0.1, -0.05) is 127 Å². The van der Waals surface area contributed by atoms with Crippen molar-refractivity contribution in [2.75, 3.05) is 0 Å². The van der Waals surface area contributed by atoms with Crippen LogP contribution in [0.1, 0.15) is 0 Å². The average molecular weight is 633 g/mol. The molecule has 0 unspecified atom stereocenters. The first kappa shape index (κ1) is 28.1. The quantitative estimate of drug-likeness (QED) is 0.183. The van der Waals surface area contributed by atoms with Gasteiger partial charge >= 0.3 is 0 Å². The number of fused-ring (bicyclic) bond motifs is 3. The molecule has 5 heteroatoms. The molecule has 48 heavy (non-hydrogen) atoms. The average Bonchev–Trinajstić information content (AvgIpc) is 3.80. The Kier molecular flexibility index (Phi) is 6.95. The zero-order valence-electron chi connectivity index (χ0n) is 25.9. The van der Waals surface area contributed by atoms with Crippen LogP contribution >= 0.6 is 11.3 Å². The SMILES string of the molecule is c1ccc(-c2ccc3c(c2)c2c(-c4ccc(-c5nc(-c6ccccc6)nc(-c6ccccc6)n5)s4)cccc2n3-c2ccccc2)cc1. The Morgan fingerprint density at radius 1 is 0.396 bits per heavy atom. The molecule has 3 heterocycles. The van der Waals surface area contributed by atoms with Crippen molar-refractivity contribution in [2.45, 2.75) is 0 Å². The first-order valence-corrected chi connectivity index (χ1v) is 16.8. The molecule has 6 aromatic carbocycles. The Bertz CT molecular complexity index is 2480. The topological polar surface area (TPSA) is 43.6 Å². The summed E-state index contributed by atoms with van der Waals surface area (Å²) in [4.78, 5) is 17.0. The van der Waals surface area contributed by atoms with Gasteiger partial charge < -0.3 is 4.57 Å². The van der Waals surface area contributed by atoms with Gasteiger partial charge in [0.25, 0.3) is 0 Å². The maximum absolute atomic E-state index is 4.99. The molecule has 0 amide bonds. The van der Waals surface area contributed by atoms with E-state index in [1.54, 1.807) is 11.3 Å². The van der Waals surface area contributed by atoms with Gasteiger partial charge in [-0.15, -0.1) is 11.3 Å². The Balaban J connectivity index is 1.24. The van der Waals surface area contributed by atoms with Crippen LogP contribution in [-0.2, 0) is 0 Å².